The number of alkyl halides is 3. The second-order valence-electron chi connectivity index (χ2n) is 4.32. The third-order valence-corrected chi connectivity index (χ3v) is 3.21. The van der Waals surface area contributed by atoms with Gasteiger partial charge in [0, 0.05) is 0 Å². The van der Waals surface area contributed by atoms with Crippen molar-refractivity contribution in [3.8, 4) is 17.4 Å². The van der Waals surface area contributed by atoms with Crippen LogP contribution in [-0.2, 0) is 6.18 Å². The van der Waals surface area contributed by atoms with Crippen LogP contribution in [-0.4, -0.2) is 17.3 Å². The summed E-state index contributed by atoms with van der Waals surface area (Å²) in [7, 11) is 1.24. The molecule has 0 aliphatic carbocycles. The Morgan fingerprint density at radius 3 is 2.19 bits per heavy atom. The van der Waals surface area contributed by atoms with Crippen LogP contribution in [0.1, 0.15) is 29.8 Å². The van der Waals surface area contributed by atoms with Crippen LogP contribution in [0.5, 0.6) is 17.4 Å². The minimum absolute atomic E-state index is 0.0615. The lowest BCUT2D eigenvalue weighted by Gasteiger charge is -2.15. The van der Waals surface area contributed by atoms with Gasteiger partial charge in [-0.15, -0.1) is 0 Å². The van der Waals surface area contributed by atoms with Crippen molar-refractivity contribution in [2.75, 3.05) is 7.11 Å². The van der Waals surface area contributed by atoms with Gasteiger partial charge in [-0.05, 0) is 35.9 Å². The molecule has 0 unspecified atom stereocenters. The van der Waals surface area contributed by atoms with E-state index in [0.717, 1.165) is 6.07 Å². The van der Waals surface area contributed by atoms with Crippen LogP contribution in [0.25, 0.3) is 0 Å². The Morgan fingerprint density at radius 1 is 1.12 bits per heavy atom. The smallest absolute Gasteiger partial charge is 0.419 e. The van der Waals surface area contributed by atoms with Gasteiger partial charge in [-0.1, -0.05) is 25.4 Å². The maximum absolute atomic E-state index is 14.1. The van der Waals surface area contributed by atoms with Crippen molar-refractivity contribution in [3.05, 3.63) is 46.4 Å². The van der Waals surface area contributed by atoms with E-state index in [0.29, 0.717) is 6.07 Å². The van der Waals surface area contributed by atoms with Crippen molar-refractivity contribution in [2.24, 2.45) is 0 Å². The summed E-state index contributed by atoms with van der Waals surface area (Å²) < 4.78 is 62.4. The molecule has 0 aliphatic heterocycles. The zero-order valence-electron chi connectivity index (χ0n) is 13.7. The van der Waals surface area contributed by atoms with Crippen LogP contribution in [0.3, 0.4) is 0 Å². The van der Waals surface area contributed by atoms with Gasteiger partial charge in [0.05, 0.1) is 12.7 Å². The van der Waals surface area contributed by atoms with Gasteiger partial charge < -0.3 is 9.47 Å². The first-order chi connectivity index (χ1) is 12.1. The third kappa shape index (κ3) is 4.98. The SMILES string of the molecule is CC.COc1nc(Cl)ccc1Oc1ccc(C(F)(F)F)c(F)c1C(=O)Cl. The lowest BCUT2D eigenvalue weighted by molar-refractivity contribution is -0.140. The van der Waals surface area contributed by atoms with Crippen molar-refractivity contribution >= 4 is 28.4 Å². The summed E-state index contributed by atoms with van der Waals surface area (Å²) >= 11 is 10.9. The summed E-state index contributed by atoms with van der Waals surface area (Å²) in [5.74, 6) is -2.57. The number of rotatable bonds is 4. The molecule has 0 bridgehead atoms. The van der Waals surface area contributed by atoms with Crippen molar-refractivity contribution in [2.45, 2.75) is 20.0 Å². The van der Waals surface area contributed by atoms with Crippen LogP contribution in [0.15, 0.2) is 24.3 Å². The molecule has 1 aromatic carbocycles. The fourth-order valence-corrected chi connectivity index (χ4v) is 2.11. The number of aromatic nitrogens is 1. The zero-order chi connectivity index (χ0) is 20.1. The lowest BCUT2D eigenvalue weighted by atomic mass is 10.1. The molecule has 0 aliphatic rings. The molecule has 142 valence electrons. The van der Waals surface area contributed by atoms with E-state index in [4.69, 9.17) is 32.7 Å². The van der Waals surface area contributed by atoms with Gasteiger partial charge >= 0.3 is 6.18 Å². The second-order valence-corrected chi connectivity index (χ2v) is 5.05. The molecule has 0 spiro atoms. The van der Waals surface area contributed by atoms with Crippen LogP contribution < -0.4 is 9.47 Å². The summed E-state index contributed by atoms with van der Waals surface area (Å²) in [6.45, 7) is 4.00. The summed E-state index contributed by atoms with van der Waals surface area (Å²) in [4.78, 5) is 15.1. The fraction of sp³-hybridized carbons (Fsp3) is 0.250. The van der Waals surface area contributed by atoms with Gasteiger partial charge in [-0.2, -0.15) is 18.2 Å². The molecule has 2 aromatic rings. The molecule has 0 saturated carbocycles. The average molecular weight is 414 g/mol. The normalized spacial score (nSPS) is 10.7. The molecule has 0 amide bonds. The highest BCUT2D eigenvalue weighted by Crippen LogP contribution is 2.39. The summed E-state index contributed by atoms with van der Waals surface area (Å²) in [5.41, 5.74) is -2.69. The Balaban J connectivity index is 0.00000163. The molecule has 26 heavy (non-hydrogen) atoms. The largest absolute Gasteiger partial charge is 0.478 e. The Hall–Kier alpha value is -2.06. The lowest BCUT2D eigenvalue weighted by Crippen LogP contribution is -2.12. The van der Waals surface area contributed by atoms with E-state index in [2.05, 4.69) is 4.98 Å². The molecule has 0 N–H and O–H groups in total. The van der Waals surface area contributed by atoms with Gasteiger partial charge in [-0.3, -0.25) is 4.79 Å². The Morgan fingerprint density at radius 2 is 1.69 bits per heavy atom. The van der Waals surface area contributed by atoms with Crippen molar-refractivity contribution in [1.82, 2.24) is 4.98 Å². The van der Waals surface area contributed by atoms with Crippen molar-refractivity contribution in [3.63, 3.8) is 0 Å². The van der Waals surface area contributed by atoms with E-state index in [1.807, 2.05) is 13.8 Å². The monoisotopic (exact) mass is 413 g/mol. The Kier molecular flexibility index (Phi) is 7.65. The van der Waals surface area contributed by atoms with E-state index >= 15 is 0 Å². The van der Waals surface area contributed by atoms with Crippen LogP contribution in [0.4, 0.5) is 17.6 Å². The molecule has 4 nitrogen and oxygen atoms in total. The molecule has 0 atom stereocenters. The molecular weight excluding hydrogens is 401 g/mol. The van der Waals surface area contributed by atoms with Crippen LogP contribution in [0, 0.1) is 5.82 Å². The van der Waals surface area contributed by atoms with E-state index in [-0.39, 0.29) is 16.8 Å². The Labute approximate surface area is 156 Å². The predicted octanol–water partition coefficient (Wildman–Crippen LogP) is 6.10. The maximum Gasteiger partial charge on any atom is 0.419 e. The molecule has 1 aromatic heterocycles. The summed E-state index contributed by atoms with van der Waals surface area (Å²) in [5, 5.41) is -1.39. The van der Waals surface area contributed by atoms with Gasteiger partial charge in [0.2, 0.25) is 0 Å². The standard InChI is InChI=1S/C14H7Cl2F4NO3.C2H6/c1-23-13-8(4-5-9(15)21-13)24-7-3-2-6(14(18,19)20)11(17)10(7)12(16)22;1-2/h2-5H,1H3;1-2H3. The predicted molar refractivity (Wildman–Crippen MR) is 88.8 cm³/mol. The van der Waals surface area contributed by atoms with E-state index < -0.39 is 34.1 Å². The first-order valence-corrected chi connectivity index (χ1v) is 7.88. The number of carbonyl (C=O) groups excluding carboxylic acids is 1. The van der Waals surface area contributed by atoms with Crippen LogP contribution in [0.2, 0.25) is 5.15 Å². The molecule has 10 heteroatoms. The van der Waals surface area contributed by atoms with E-state index in [9.17, 15) is 22.4 Å². The fourth-order valence-electron chi connectivity index (χ4n) is 1.79. The second kappa shape index (κ2) is 9.05. The highest BCUT2D eigenvalue weighted by molar-refractivity contribution is 6.68. The number of hydrogen-bond donors (Lipinski definition) is 0. The Bertz CT molecular complexity index is 798. The number of carbonyl (C=O) groups is 1. The molecular formula is C16H13Cl2F4NO3. The minimum atomic E-state index is -5.00. The molecule has 0 radical (unpaired) electrons. The first-order valence-electron chi connectivity index (χ1n) is 7.13. The maximum atomic E-state index is 14.1. The zero-order valence-corrected chi connectivity index (χ0v) is 15.3. The average Bonchev–Trinajstić information content (AvgIpc) is 2.56. The summed E-state index contributed by atoms with van der Waals surface area (Å²) in [6, 6.07) is 3.80. The number of hydrogen-bond acceptors (Lipinski definition) is 4. The van der Waals surface area contributed by atoms with Gasteiger partial charge in [0.15, 0.2) is 11.6 Å². The number of benzene rings is 1. The minimum Gasteiger partial charge on any atom is -0.478 e. The van der Waals surface area contributed by atoms with Gasteiger partial charge in [0.1, 0.15) is 16.5 Å². The molecule has 0 fully saturated rings. The van der Waals surface area contributed by atoms with E-state index in [1.54, 1.807) is 0 Å². The number of nitrogens with zero attached hydrogens (tertiary/aromatic N) is 1. The van der Waals surface area contributed by atoms with Gasteiger partial charge in [0.25, 0.3) is 11.1 Å². The first kappa shape index (κ1) is 22.0. The number of ether oxygens (including phenoxy) is 2. The van der Waals surface area contributed by atoms with Crippen molar-refractivity contribution in [1.29, 1.82) is 0 Å². The molecule has 0 saturated heterocycles. The summed E-state index contributed by atoms with van der Waals surface area (Å²) in [6.07, 6.45) is -5.00. The quantitative estimate of drug-likeness (QED) is 0.345. The van der Waals surface area contributed by atoms with Gasteiger partial charge in [-0.25, -0.2) is 4.39 Å². The number of methoxy groups -OCH3 is 1. The number of pyridine rings is 1. The molecule has 1 heterocycles. The number of halogens is 6. The van der Waals surface area contributed by atoms with Crippen LogP contribution >= 0.6 is 23.2 Å². The highest BCUT2D eigenvalue weighted by Gasteiger charge is 2.37. The molecule has 2 rings (SSSR count). The third-order valence-electron chi connectivity index (χ3n) is 2.81. The van der Waals surface area contributed by atoms with Crippen molar-refractivity contribution < 1.29 is 31.8 Å². The highest BCUT2D eigenvalue weighted by atomic mass is 35.5. The topological polar surface area (TPSA) is 48.4 Å². The van der Waals surface area contributed by atoms with E-state index in [1.165, 1.54) is 19.2 Å².